The van der Waals surface area contributed by atoms with Gasteiger partial charge in [-0.3, -0.25) is 4.79 Å². The van der Waals surface area contributed by atoms with Crippen LogP contribution in [0.15, 0.2) is 0 Å². The largest absolute Gasteiger partial charge is 0.350 e. The Labute approximate surface area is 99.2 Å². The lowest BCUT2D eigenvalue weighted by Gasteiger charge is -2.33. The molecule has 0 radical (unpaired) electrons. The molecule has 0 aromatic carbocycles. The van der Waals surface area contributed by atoms with Crippen molar-refractivity contribution < 1.29 is 4.79 Å². The van der Waals surface area contributed by atoms with E-state index in [1.807, 2.05) is 0 Å². The van der Waals surface area contributed by atoms with E-state index >= 15 is 0 Å². The normalized spacial score (nSPS) is 25.2. The van der Waals surface area contributed by atoms with Crippen molar-refractivity contribution in [1.29, 1.82) is 0 Å². The van der Waals surface area contributed by atoms with E-state index in [0.29, 0.717) is 11.8 Å². The highest BCUT2D eigenvalue weighted by atomic mass is 16.2. The van der Waals surface area contributed by atoms with E-state index in [-0.39, 0.29) is 11.0 Å². The summed E-state index contributed by atoms with van der Waals surface area (Å²) in [5.74, 6) is 0.626. The summed E-state index contributed by atoms with van der Waals surface area (Å²) in [4.78, 5) is 12.2. The molecule has 2 saturated carbocycles. The fourth-order valence-electron chi connectivity index (χ4n) is 2.89. The van der Waals surface area contributed by atoms with Crippen LogP contribution in [0.4, 0.5) is 0 Å². The molecular formula is C14H25NO. The highest BCUT2D eigenvalue weighted by Crippen LogP contribution is 2.49. The third kappa shape index (κ3) is 2.26. The minimum Gasteiger partial charge on any atom is -0.350 e. The van der Waals surface area contributed by atoms with Gasteiger partial charge in [-0.05, 0) is 31.1 Å². The minimum atomic E-state index is 0.113. The Bertz CT molecular complexity index is 267. The van der Waals surface area contributed by atoms with Crippen molar-refractivity contribution >= 4 is 5.91 Å². The molecule has 2 aliphatic carbocycles. The van der Waals surface area contributed by atoms with Crippen LogP contribution in [-0.2, 0) is 4.79 Å². The van der Waals surface area contributed by atoms with Crippen LogP contribution >= 0.6 is 0 Å². The maximum Gasteiger partial charge on any atom is 0.223 e. The smallest absolute Gasteiger partial charge is 0.223 e. The maximum atomic E-state index is 12.2. The van der Waals surface area contributed by atoms with Gasteiger partial charge in [0, 0.05) is 11.5 Å². The molecule has 1 amide bonds. The molecule has 92 valence electrons. The predicted molar refractivity (Wildman–Crippen MR) is 66.1 cm³/mol. The number of rotatable bonds is 2. The summed E-state index contributed by atoms with van der Waals surface area (Å²) in [7, 11) is 0. The summed E-state index contributed by atoms with van der Waals surface area (Å²) in [6, 6.07) is 0. The van der Waals surface area contributed by atoms with Gasteiger partial charge >= 0.3 is 0 Å². The van der Waals surface area contributed by atoms with Gasteiger partial charge in [-0.1, -0.05) is 40.0 Å². The lowest BCUT2D eigenvalue weighted by molar-refractivity contribution is -0.127. The van der Waals surface area contributed by atoms with Crippen molar-refractivity contribution in [3.63, 3.8) is 0 Å². The number of hydrogen-bond donors (Lipinski definition) is 1. The topological polar surface area (TPSA) is 29.1 Å². The molecule has 0 heterocycles. The molecule has 2 fully saturated rings. The fourth-order valence-corrected chi connectivity index (χ4v) is 2.89. The van der Waals surface area contributed by atoms with E-state index in [1.165, 1.54) is 19.3 Å². The highest BCUT2D eigenvalue weighted by Gasteiger charge is 2.53. The number of carbonyl (C=O) groups excluding carboxylic acids is 1. The van der Waals surface area contributed by atoms with Crippen LogP contribution < -0.4 is 5.32 Å². The number of amides is 1. The van der Waals surface area contributed by atoms with Crippen molar-refractivity contribution in [2.45, 2.75) is 71.3 Å². The number of carbonyl (C=O) groups is 1. The van der Waals surface area contributed by atoms with Crippen molar-refractivity contribution in [3.05, 3.63) is 0 Å². The van der Waals surface area contributed by atoms with Gasteiger partial charge in [-0.2, -0.15) is 0 Å². The van der Waals surface area contributed by atoms with Gasteiger partial charge in [0.2, 0.25) is 5.91 Å². The first-order valence-electron chi connectivity index (χ1n) is 6.77. The van der Waals surface area contributed by atoms with Crippen molar-refractivity contribution in [2.24, 2.45) is 11.3 Å². The molecule has 2 aliphatic rings. The van der Waals surface area contributed by atoms with Crippen LogP contribution in [0.25, 0.3) is 0 Å². The molecule has 2 heteroatoms. The van der Waals surface area contributed by atoms with Crippen LogP contribution in [0.5, 0.6) is 0 Å². The molecule has 2 nitrogen and oxygen atoms in total. The summed E-state index contributed by atoms with van der Waals surface area (Å²) in [5.41, 5.74) is 0.318. The Balaban J connectivity index is 1.92. The van der Waals surface area contributed by atoms with Gasteiger partial charge in [0.1, 0.15) is 0 Å². The van der Waals surface area contributed by atoms with Gasteiger partial charge in [-0.15, -0.1) is 0 Å². The molecule has 0 spiro atoms. The van der Waals surface area contributed by atoms with E-state index < -0.39 is 0 Å². The molecule has 0 atom stereocenters. The summed E-state index contributed by atoms with van der Waals surface area (Å²) in [6.07, 6.45) is 8.32. The summed E-state index contributed by atoms with van der Waals surface area (Å²) in [6.45, 7) is 6.71. The van der Waals surface area contributed by atoms with Crippen LogP contribution in [0.3, 0.4) is 0 Å². The Morgan fingerprint density at radius 3 is 2.12 bits per heavy atom. The van der Waals surface area contributed by atoms with Gasteiger partial charge in [0.25, 0.3) is 0 Å². The molecule has 0 bridgehead atoms. The molecule has 0 aliphatic heterocycles. The summed E-state index contributed by atoms with van der Waals surface area (Å²) >= 11 is 0. The predicted octanol–water partition coefficient (Wildman–Crippen LogP) is 3.26. The standard InChI is InChI=1S/C14H25NO/c1-13(2,3)14(9-10-14)15-12(16)11-7-5-4-6-8-11/h11H,4-10H2,1-3H3,(H,15,16). The van der Waals surface area contributed by atoms with Crippen molar-refractivity contribution in [3.8, 4) is 0 Å². The zero-order valence-electron chi connectivity index (χ0n) is 10.9. The Hall–Kier alpha value is -0.530. The summed E-state index contributed by atoms with van der Waals surface area (Å²) in [5, 5.41) is 3.34. The lowest BCUT2D eigenvalue weighted by atomic mass is 9.82. The van der Waals surface area contributed by atoms with Crippen LogP contribution in [0.2, 0.25) is 0 Å². The molecule has 0 unspecified atom stereocenters. The number of hydrogen-bond acceptors (Lipinski definition) is 1. The zero-order valence-corrected chi connectivity index (χ0v) is 10.9. The first-order chi connectivity index (χ1) is 7.45. The van der Waals surface area contributed by atoms with Crippen LogP contribution in [0.1, 0.15) is 65.7 Å². The Morgan fingerprint density at radius 2 is 1.69 bits per heavy atom. The Kier molecular flexibility index (Phi) is 3.02. The first kappa shape index (κ1) is 11.9. The highest BCUT2D eigenvalue weighted by molar-refractivity contribution is 5.80. The fraction of sp³-hybridized carbons (Fsp3) is 0.929. The van der Waals surface area contributed by atoms with Crippen molar-refractivity contribution in [2.75, 3.05) is 0 Å². The third-order valence-corrected chi connectivity index (χ3v) is 4.52. The molecule has 2 rings (SSSR count). The molecule has 0 aromatic heterocycles. The Morgan fingerprint density at radius 1 is 1.12 bits per heavy atom. The SMILES string of the molecule is CC(C)(C)C1(NC(=O)C2CCCCC2)CC1. The van der Waals surface area contributed by atoms with Gasteiger partial charge in [0.15, 0.2) is 0 Å². The van der Waals surface area contributed by atoms with E-state index in [2.05, 4.69) is 26.1 Å². The van der Waals surface area contributed by atoms with E-state index in [9.17, 15) is 4.79 Å². The van der Waals surface area contributed by atoms with E-state index in [4.69, 9.17) is 0 Å². The average molecular weight is 223 g/mol. The minimum absolute atomic E-state index is 0.113. The molecule has 0 aromatic rings. The number of nitrogens with one attached hydrogen (secondary N) is 1. The summed E-state index contributed by atoms with van der Waals surface area (Å²) < 4.78 is 0. The van der Waals surface area contributed by atoms with E-state index in [1.54, 1.807) is 0 Å². The molecule has 0 saturated heterocycles. The van der Waals surface area contributed by atoms with Gasteiger partial charge < -0.3 is 5.32 Å². The zero-order chi connectivity index (χ0) is 11.8. The third-order valence-electron chi connectivity index (χ3n) is 4.52. The maximum absolute atomic E-state index is 12.2. The van der Waals surface area contributed by atoms with Crippen molar-refractivity contribution in [1.82, 2.24) is 5.32 Å². The van der Waals surface area contributed by atoms with Crippen LogP contribution in [-0.4, -0.2) is 11.4 Å². The average Bonchev–Trinajstić information content (AvgIpc) is 2.99. The van der Waals surface area contributed by atoms with E-state index in [0.717, 1.165) is 25.7 Å². The second-order valence-electron chi connectivity index (χ2n) is 6.66. The quantitative estimate of drug-likeness (QED) is 0.765. The van der Waals surface area contributed by atoms with Gasteiger partial charge in [-0.25, -0.2) is 0 Å². The monoisotopic (exact) mass is 223 g/mol. The second kappa shape index (κ2) is 4.05. The van der Waals surface area contributed by atoms with Crippen LogP contribution in [0, 0.1) is 11.3 Å². The molecular weight excluding hydrogens is 198 g/mol. The lowest BCUT2D eigenvalue weighted by Crippen LogP contribution is -2.48. The van der Waals surface area contributed by atoms with Gasteiger partial charge in [0.05, 0.1) is 0 Å². The second-order valence-corrected chi connectivity index (χ2v) is 6.66. The molecule has 16 heavy (non-hydrogen) atoms. The molecule has 1 N–H and O–H groups in total. The first-order valence-corrected chi connectivity index (χ1v) is 6.77.